The maximum absolute atomic E-state index is 12.6. The second-order valence-corrected chi connectivity index (χ2v) is 7.06. The average Bonchev–Trinajstić information content (AvgIpc) is 2.58. The number of ketones is 2. The molecule has 0 amide bonds. The molecule has 0 saturated carbocycles. The quantitative estimate of drug-likeness (QED) is 0.650. The summed E-state index contributed by atoms with van der Waals surface area (Å²) in [5.74, 6) is -0.890. The van der Waals surface area contributed by atoms with E-state index in [1.165, 1.54) is 12.2 Å². The number of rotatable bonds is 0. The summed E-state index contributed by atoms with van der Waals surface area (Å²) in [6.07, 6.45) is 2.73. The predicted octanol–water partition coefficient (Wildman–Crippen LogP) is 4.59. The van der Waals surface area contributed by atoms with Gasteiger partial charge in [-0.2, -0.15) is 0 Å². The summed E-state index contributed by atoms with van der Waals surface area (Å²) in [6, 6.07) is 11.4. The molecule has 0 unspecified atom stereocenters. The van der Waals surface area contributed by atoms with Crippen molar-refractivity contribution in [2.75, 3.05) is 0 Å². The second kappa shape index (κ2) is 4.69. The fourth-order valence-corrected chi connectivity index (χ4v) is 4.91. The summed E-state index contributed by atoms with van der Waals surface area (Å²) in [5, 5.41) is 1.21. The van der Waals surface area contributed by atoms with Crippen molar-refractivity contribution >= 4 is 34.8 Å². The Kier molecular flexibility index (Phi) is 2.77. The highest BCUT2D eigenvalue weighted by Gasteiger charge is 2.48. The Balaban J connectivity index is 1.95. The van der Waals surface area contributed by atoms with E-state index >= 15 is 0 Å². The van der Waals surface area contributed by atoms with Crippen molar-refractivity contribution < 1.29 is 9.59 Å². The molecule has 2 aromatic carbocycles. The number of hydrogen-bond donors (Lipinski definition) is 0. The van der Waals surface area contributed by atoms with E-state index in [1.54, 1.807) is 0 Å². The summed E-state index contributed by atoms with van der Waals surface area (Å²) >= 11 is 13.0. The van der Waals surface area contributed by atoms with Gasteiger partial charge in [-0.3, -0.25) is 9.59 Å². The highest BCUT2D eigenvalue weighted by molar-refractivity contribution is 6.34. The minimum atomic E-state index is -0.376. The Labute approximate surface area is 148 Å². The van der Waals surface area contributed by atoms with E-state index in [0.717, 1.165) is 22.3 Å². The Morgan fingerprint density at radius 3 is 1.62 bits per heavy atom. The first kappa shape index (κ1) is 14.2. The molecule has 2 nitrogen and oxygen atoms in total. The molecule has 0 aliphatic heterocycles. The molecular formula is C20H10Cl2O2. The molecule has 2 aromatic rings. The Hall–Kier alpha value is -2.16. The molecule has 4 heteroatoms. The molecule has 0 N–H and O–H groups in total. The Morgan fingerprint density at radius 1 is 0.667 bits per heavy atom. The lowest BCUT2D eigenvalue weighted by Crippen LogP contribution is -2.35. The van der Waals surface area contributed by atoms with E-state index in [0.29, 0.717) is 21.2 Å². The fraction of sp³-hybridized carbons (Fsp3) is 0.100. The third-order valence-corrected chi connectivity index (χ3v) is 5.82. The van der Waals surface area contributed by atoms with Crippen molar-refractivity contribution in [3.63, 3.8) is 0 Å². The van der Waals surface area contributed by atoms with Crippen molar-refractivity contribution in [2.24, 2.45) is 0 Å². The third kappa shape index (κ3) is 1.58. The van der Waals surface area contributed by atoms with Gasteiger partial charge in [-0.05, 0) is 46.5 Å². The minimum absolute atomic E-state index is 0.101. The number of benzene rings is 2. The summed E-state index contributed by atoms with van der Waals surface area (Å²) in [7, 11) is 0. The van der Waals surface area contributed by atoms with Crippen LogP contribution >= 0.6 is 23.2 Å². The van der Waals surface area contributed by atoms with Crippen LogP contribution in [0.2, 0.25) is 10.0 Å². The topological polar surface area (TPSA) is 34.1 Å². The van der Waals surface area contributed by atoms with Crippen LogP contribution in [-0.2, 0) is 9.59 Å². The molecule has 4 aliphatic rings. The monoisotopic (exact) mass is 352 g/mol. The molecule has 0 heterocycles. The van der Waals surface area contributed by atoms with Crippen molar-refractivity contribution in [3.05, 3.63) is 92.0 Å². The molecule has 4 aliphatic carbocycles. The van der Waals surface area contributed by atoms with Crippen LogP contribution in [0, 0.1) is 0 Å². The summed E-state index contributed by atoms with van der Waals surface area (Å²) < 4.78 is 0. The van der Waals surface area contributed by atoms with Crippen LogP contribution in [0.15, 0.2) is 59.7 Å². The first-order chi connectivity index (χ1) is 11.6. The minimum Gasteiger partial charge on any atom is -0.290 e. The zero-order chi connectivity index (χ0) is 16.6. The van der Waals surface area contributed by atoms with E-state index in [-0.39, 0.29) is 23.4 Å². The smallest absolute Gasteiger partial charge is 0.183 e. The normalized spacial score (nSPS) is 23.2. The van der Waals surface area contributed by atoms with Gasteiger partial charge in [0.1, 0.15) is 0 Å². The van der Waals surface area contributed by atoms with Crippen LogP contribution in [-0.4, -0.2) is 11.6 Å². The lowest BCUT2D eigenvalue weighted by atomic mass is 9.58. The molecule has 6 rings (SSSR count). The number of carbonyl (C=O) groups excluding carboxylic acids is 2. The van der Waals surface area contributed by atoms with Crippen LogP contribution < -0.4 is 0 Å². The molecule has 0 fully saturated rings. The molecule has 0 saturated heterocycles. The lowest BCUT2D eigenvalue weighted by Gasteiger charge is -2.43. The maximum atomic E-state index is 12.6. The fourth-order valence-electron chi connectivity index (χ4n) is 4.32. The summed E-state index contributed by atoms with van der Waals surface area (Å²) in [5.41, 5.74) is 4.92. The SMILES string of the molecule is O=C1C=CC(=O)C2=C1C1c3cccc(Cl)c3C2c2c(Cl)cccc21. The van der Waals surface area contributed by atoms with Crippen molar-refractivity contribution in [1.82, 2.24) is 0 Å². The number of carbonyl (C=O) groups is 2. The van der Waals surface area contributed by atoms with E-state index in [9.17, 15) is 9.59 Å². The summed E-state index contributed by atoms with van der Waals surface area (Å²) in [4.78, 5) is 25.2. The molecule has 0 aromatic heterocycles. The predicted molar refractivity (Wildman–Crippen MR) is 92.8 cm³/mol. The van der Waals surface area contributed by atoms with Crippen LogP contribution in [0.3, 0.4) is 0 Å². The standard InChI is InChI=1S/C20H10Cl2O2/c21-11-5-1-3-9-15-10-4-2-6-12(22)17(10)20(16(9)11)19-14(24)8-7-13(23)18(15)19/h1-8,15,20H. The van der Waals surface area contributed by atoms with Gasteiger partial charge < -0.3 is 0 Å². The zero-order valence-electron chi connectivity index (χ0n) is 12.3. The first-order valence-corrected chi connectivity index (χ1v) is 8.42. The van der Waals surface area contributed by atoms with Gasteiger partial charge in [0.25, 0.3) is 0 Å². The van der Waals surface area contributed by atoms with Gasteiger partial charge in [0.2, 0.25) is 0 Å². The largest absolute Gasteiger partial charge is 0.290 e. The number of halogens is 2. The van der Waals surface area contributed by atoms with Gasteiger partial charge in [0.05, 0.1) is 0 Å². The zero-order valence-corrected chi connectivity index (χ0v) is 13.9. The van der Waals surface area contributed by atoms with Crippen molar-refractivity contribution in [2.45, 2.75) is 11.8 Å². The number of allylic oxidation sites excluding steroid dienone is 4. The van der Waals surface area contributed by atoms with Crippen molar-refractivity contribution in [3.8, 4) is 0 Å². The second-order valence-electron chi connectivity index (χ2n) is 6.24. The lowest BCUT2D eigenvalue weighted by molar-refractivity contribution is -0.115. The van der Waals surface area contributed by atoms with E-state index in [1.807, 2.05) is 36.4 Å². The van der Waals surface area contributed by atoms with Gasteiger partial charge >= 0.3 is 0 Å². The van der Waals surface area contributed by atoms with Crippen LogP contribution in [0.25, 0.3) is 0 Å². The third-order valence-electron chi connectivity index (χ3n) is 5.16. The van der Waals surface area contributed by atoms with E-state index in [2.05, 4.69) is 0 Å². The van der Waals surface area contributed by atoms with Gasteiger partial charge in [0, 0.05) is 33.0 Å². The van der Waals surface area contributed by atoms with Gasteiger partial charge in [-0.1, -0.05) is 47.5 Å². The Bertz CT molecular complexity index is 976. The average molecular weight is 353 g/mol. The van der Waals surface area contributed by atoms with Crippen LogP contribution in [0.1, 0.15) is 34.1 Å². The molecular weight excluding hydrogens is 343 g/mol. The molecule has 116 valence electrons. The van der Waals surface area contributed by atoms with E-state index in [4.69, 9.17) is 23.2 Å². The van der Waals surface area contributed by atoms with Gasteiger partial charge in [0.15, 0.2) is 11.6 Å². The molecule has 24 heavy (non-hydrogen) atoms. The maximum Gasteiger partial charge on any atom is 0.183 e. The molecule has 0 atom stereocenters. The van der Waals surface area contributed by atoms with Gasteiger partial charge in [-0.15, -0.1) is 0 Å². The first-order valence-electron chi connectivity index (χ1n) is 7.67. The number of hydrogen-bond acceptors (Lipinski definition) is 2. The molecule has 0 spiro atoms. The van der Waals surface area contributed by atoms with Gasteiger partial charge in [-0.25, -0.2) is 0 Å². The molecule has 0 radical (unpaired) electrons. The van der Waals surface area contributed by atoms with Crippen LogP contribution in [0.4, 0.5) is 0 Å². The highest BCUT2D eigenvalue weighted by atomic mass is 35.5. The van der Waals surface area contributed by atoms with E-state index < -0.39 is 0 Å². The van der Waals surface area contributed by atoms with Crippen LogP contribution in [0.5, 0.6) is 0 Å². The Morgan fingerprint density at radius 2 is 1.12 bits per heavy atom. The van der Waals surface area contributed by atoms with Crippen molar-refractivity contribution in [1.29, 1.82) is 0 Å². The summed E-state index contributed by atoms with van der Waals surface area (Å²) in [6.45, 7) is 0. The highest BCUT2D eigenvalue weighted by Crippen LogP contribution is 2.59. The molecule has 2 bridgehead atoms.